The number of aromatic hydroxyl groups is 2. The van der Waals surface area contributed by atoms with Crippen LogP contribution in [0.5, 0.6) is 17.2 Å². The molecular formula is C23H19ClN2O6. The molecule has 0 radical (unpaired) electrons. The third-order valence-electron chi connectivity index (χ3n) is 4.40. The molecule has 1 heterocycles. The van der Waals surface area contributed by atoms with Gasteiger partial charge in [-0.15, -0.1) is 0 Å². The number of hydrogen-bond donors (Lipinski definition) is 2. The van der Waals surface area contributed by atoms with Crippen LogP contribution < -0.4 is 4.74 Å². The maximum atomic E-state index is 12.3. The number of esters is 2. The van der Waals surface area contributed by atoms with E-state index in [-0.39, 0.29) is 39.8 Å². The molecule has 0 aliphatic heterocycles. The molecular weight excluding hydrogens is 436 g/mol. The van der Waals surface area contributed by atoms with Gasteiger partial charge < -0.3 is 19.7 Å². The van der Waals surface area contributed by atoms with Crippen molar-refractivity contribution in [1.82, 2.24) is 4.98 Å². The molecule has 2 N–H and O–H groups in total. The summed E-state index contributed by atoms with van der Waals surface area (Å²) in [7, 11) is 1.24. The number of hydrogen-bond acceptors (Lipinski definition) is 8. The molecule has 0 amide bonds. The van der Waals surface area contributed by atoms with E-state index in [0.717, 1.165) is 5.56 Å². The minimum Gasteiger partial charge on any atom is -0.508 e. The second-order valence-electron chi connectivity index (χ2n) is 6.66. The molecule has 0 fully saturated rings. The summed E-state index contributed by atoms with van der Waals surface area (Å²) >= 11 is 6.11. The maximum absolute atomic E-state index is 12.3. The highest BCUT2D eigenvalue weighted by molar-refractivity contribution is 6.31. The van der Waals surface area contributed by atoms with Crippen LogP contribution in [0.1, 0.15) is 21.5 Å². The molecule has 0 aliphatic rings. The first kappa shape index (κ1) is 22.8. The van der Waals surface area contributed by atoms with Crippen molar-refractivity contribution < 1.29 is 29.3 Å². The Labute approximate surface area is 188 Å². The van der Waals surface area contributed by atoms with Gasteiger partial charge in [-0.1, -0.05) is 23.7 Å². The fourth-order valence-corrected chi connectivity index (χ4v) is 2.99. The zero-order valence-electron chi connectivity index (χ0n) is 16.9. The van der Waals surface area contributed by atoms with Gasteiger partial charge in [0.15, 0.2) is 17.5 Å². The molecule has 8 nitrogen and oxygen atoms in total. The van der Waals surface area contributed by atoms with Gasteiger partial charge >= 0.3 is 11.9 Å². The van der Waals surface area contributed by atoms with Gasteiger partial charge in [-0.25, -0.2) is 9.59 Å². The summed E-state index contributed by atoms with van der Waals surface area (Å²) in [4.78, 5) is 32.5. The zero-order valence-corrected chi connectivity index (χ0v) is 17.7. The Balaban J connectivity index is 1.84. The molecule has 0 aliphatic carbocycles. The first-order valence-electron chi connectivity index (χ1n) is 9.41. The lowest BCUT2D eigenvalue weighted by molar-refractivity contribution is -0.142. The van der Waals surface area contributed by atoms with Crippen molar-refractivity contribution in [2.45, 2.75) is 12.5 Å². The second kappa shape index (κ2) is 10.4. The Morgan fingerprint density at radius 1 is 1.19 bits per heavy atom. The molecule has 164 valence electrons. The Hall–Kier alpha value is -3.91. The summed E-state index contributed by atoms with van der Waals surface area (Å²) < 4.78 is 10.1. The fraction of sp³-hybridized carbons (Fsp3) is 0.130. The first-order valence-corrected chi connectivity index (χ1v) is 9.79. The van der Waals surface area contributed by atoms with Gasteiger partial charge in [0.05, 0.1) is 12.7 Å². The van der Waals surface area contributed by atoms with Gasteiger partial charge in [-0.2, -0.15) is 0 Å². The highest BCUT2D eigenvalue weighted by Crippen LogP contribution is 2.33. The van der Waals surface area contributed by atoms with E-state index in [4.69, 9.17) is 21.1 Å². The van der Waals surface area contributed by atoms with E-state index in [1.165, 1.54) is 56.0 Å². The Morgan fingerprint density at radius 3 is 2.59 bits per heavy atom. The van der Waals surface area contributed by atoms with E-state index in [1.54, 1.807) is 18.2 Å². The first-order chi connectivity index (χ1) is 15.4. The number of benzene rings is 2. The van der Waals surface area contributed by atoms with Crippen molar-refractivity contribution in [1.29, 1.82) is 0 Å². The van der Waals surface area contributed by atoms with Gasteiger partial charge in [-0.05, 0) is 35.9 Å². The van der Waals surface area contributed by atoms with E-state index >= 15 is 0 Å². The predicted octanol–water partition coefficient (Wildman–Crippen LogP) is 3.57. The number of rotatable bonds is 7. The van der Waals surface area contributed by atoms with Gasteiger partial charge in [0.2, 0.25) is 0 Å². The number of pyridine rings is 1. The molecule has 2 aromatic carbocycles. The number of methoxy groups -OCH3 is 1. The number of halogens is 1. The Kier molecular flexibility index (Phi) is 7.41. The molecule has 0 spiro atoms. The number of phenols is 2. The number of ether oxygens (including phenoxy) is 2. The highest BCUT2D eigenvalue weighted by Gasteiger charge is 2.20. The SMILES string of the molecule is COC(=O)C(Cc1ccc(O)cc1)N=Cc1cc(Cl)cc(OC(=O)c2cccnc2)c1O. The van der Waals surface area contributed by atoms with Crippen molar-refractivity contribution in [3.63, 3.8) is 0 Å². The van der Waals surface area contributed by atoms with E-state index in [0.29, 0.717) is 0 Å². The van der Waals surface area contributed by atoms with Crippen LogP contribution in [0.4, 0.5) is 0 Å². The molecule has 0 saturated heterocycles. The summed E-state index contributed by atoms with van der Waals surface area (Å²) in [5.74, 6) is -1.74. The smallest absolute Gasteiger partial charge is 0.345 e. The molecule has 1 atom stereocenters. The Bertz CT molecular complexity index is 1130. The normalized spacial score (nSPS) is 11.8. The fourth-order valence-electron chi connectivity index (χ4n) is 2.77. The number of aromatic nitrogens is 1. The van der Waals surface area contributed by atoms with E-state index in [9.17, 15) is 19.8 Å². The van der Waals surface area contributed by atoms with Gasteiger partial charge in [-0.3, -0.25) is 9.98 Å². The lowest BCUT2D eigenvalue weighted by Crippen LogP contribution is -2.23. The maximum Gasteiger partial charge on any atom is 0.345 e. The molecule has 3 rings (SSSR count). The molecule has 32 heavy (non-hydrogen) atoms. The lowest BCUT2D eigenvalue weighted by Gasteiger charge is -2.12. The van der Waals surface area contributed by atoms with Crippen LogP contribution in [-0.4, -0.2) is 46.5 Å². The standard InChI is InChI=1S/C23H19ClN2O6/c1-31-23(30)19(9-14-4-6-18(27)7-5-14)26-13-16-10-17(24)11-20(21(16)28)32-22(29)15-3-2-8-25-12-15/h2-8,10-13,19,27-28H,9H2,1H3. The number of nitrogens with zero attached hydrogens (tertiary/aromatic N) is 2. The summed E-state index contributed by atoms with van der Waals surface area (Å²) in [6, 6.07) is 11.2. The van der Waals surface area contributed by atoms with Gasteiger partial charge in [0.1, 0.15) is 5.75 Å². The van der Waals surface area contributed by atoms with Crippen LogP contribution in [0.2, 0.25) is 5.02 Å². The lowest BCUT2D eigenvalue weighted by atomic mass is 10.1. The molecule has 3 aromatic rings. The van der Waals surface area contributed by atoms with E-state index in [1.807, 2.05) is 0 Å². The number of phenolic OH excluding ortho intramolecular Hbond substituents is 2. The number of aliphatic imine (C=N–C) groups is 1. The largest absolute Gasteiger partial charge is 0.508 e. The van der Waals surface area contributed by atoms with Crippen molar-refractivity contribution in [3.05, 3.63) is 82.6 Å². The Morgan fingerprint density at radius 2 is 1.94 bits per heavy atom. The van der Waals surface area contributed by atoms with Crippen LogP contribution >= 0.6 is 11.6 Å². The summed E-state index contributed by atoms with van der Waals surface area (Å²) in [5, 5.41) is 20.2. The van der Waals surface area contributed by atoms with E-state index in [2.05, 4.69) is 9.98 Å². The van der Waals surface area contributed by atoms with Crippen molar-refractivity contribution in [3.8, 4) is 17.2 Å². The van der Waals surface area contributed by atoms with Crippen LogP contribution in [-0.2, 0) is 16.0 Å². The van der Waals surface area contributed by atoms with Crippen molar-refractivity contribution in [2.75, 3.05) is 7.11 Å². The van der Waals surface area contributed by atoms with Crippen molar-refractivity contribution in [2.24, 2.45) is 4.99 Å². The summed E-state index contributed by atoms with van der Waals surface area (Å²) in [6.45, 7) is 0. The predicted molar refractivity (Wildman–Crippen MR) is 118 cm³/mol. The summed E-state index contributed by atoms with van der Waals surface area (Å²) in [5.41, 5.74) is 1.09. The average Bonchev–Trinajstić information content (AvgIpc) is 2.80. The molecule has 9 heteroatoms. The van der Waals surface area contributed by atoms with E-state index < -0.39 is 18.0 Å². The minimum atomic E-state index is -0.913. The zero-order chi connectivity index (χ0) is 23.1. The molecule has 1 aromatic heterocycles. The third kappa shape index (κ3) is 5.83. The van der Waals surface area contributed by atoms with Gasteiger partial charge in [0, 0.05) is 41.7 Å². The quantitative estimate of drug-likeness (QED) is 0.318. The van der Waals surface area contributed by atoms with Crippen LogP contribution in [0.3, 0.4) is 0 Å². The van der Waals surface area contributed by atoms with Crippen LogP contribution in [0.25, 0.3) is 0 Å². The monoisotopic (exact) mass is 454 g/mol. The minimum absolute atomic E-state index is 0.101. The summed E-state index contributed by atoms with van der Waals surface area (Å²) in [6.07, 6.45) is 4.30. The average molecular weight is 455 g/mol. The third-order valence-corrected chi connectivity index (χ3v) is 4.62. The van der Waals surface area contributed by atoms with Crippen LogP contribution in [0.15, 0.2) is 65.9 Å². The number of carbonyl (C=O) groups is 2. The topological polar surface area (TPSA) is 118 Å². The molecule has 1 unspecified atom stereocenters. The molecule has 0 saturated carbocycles. The van der Waals surface area contributed by atoms with Crippen molar-refractivity contribution >= 4 is 29.8 Å². The van der Waals surface area contributed by atoms with Gasteiger partial charge in [0.25, 0.3) is 0 Å². The molecule has 0 bridgehead atoms. The second-order valence-corrected chi connectivity index (χ2v) is 7.10. The number of carbonyl (C=O) groups excluding carboxylic acids is 2. The highest BCUT2D eigenvalue weighted by atomic mass is 35.5. The van der Waals surface area contributed by atoms with Crippen LogP contribution in [0, 0.1) is 0 Å².